The summed E-state index contributed by atoms with van der Waals surface area (Å²) in [6.07, 6.45) is 8.34. The molecule has 19 heavy (non-hydrogen) atoms. The predicted octanol–water partition coefficient (Wildman–Crippen LogP) is 4.90. The van der Waals surface area contributed by atoms with Crippen LogP contribution in [0.15, 0.2) is 23.7 Å². The van der Waals surface area contributed by atoms with Crippen molar-refractivity contribution in [1.29, 1.82) is 0 Å². The molecule has 0 aromatic carbocycles. The van der Waals surface area contributed by atoms with Crippen molar-refractivity contribution in [1.82, 2.24) is 4.98 Å². The van der Waals surface area contributed by atoms with Crippen molar-refractivity contribution in [3.8, 4) is 0 Å². The van der Waals surface area contributed by atoms with E-state index in [-0.39, 0.29) is 5.41 Å². The van der Waals surface area contributed by atoms with Crippen molar-refractivity contribution in [3.05, 3.63) is 23.7 Å². The van der Waals surface area contributed by atoms with Gasteiger partial charge in [0.2, 0.25) is 0 Å². The number of thiophene rings is 1. The van der Waals surface area contributed by atoms with Crippen LogP contribution in [-0.2, 0) is 0 Å². The highest BCUT2D eigenvalue weighted by Gasteiger charge is 2.31. The highest BCUT2D eigenvalue weighted by Crippen LogP contribution is 2.38. The molecule has 0 aliphatic heterocycles. The van der Waals surface area contributed by atoms with Gasteiger partial charge in [0, 0.05) is 34.1 Å². The minimum Gasteiger partial charge on any atom is -0.369 e. The molecular weight excluding hydrogens is 276 g/mol. The van der Waals surface area contributed by atoms with Crippen LogP contribution in [0, 0.1) is 5.41 Å². The number of pyridine rings is 1. The lowest BCUT2D eigenvalue weighted by molar-refractivity contribution is 0.238. The first kappa shape index (κ1) is 13.2. The Hall–Kier alpha value is -0.800. The van der Waals surface area contributed by atoms with Gasteiger partial charge in [-0.25, -0.2) is 4.98 Å². The SMILES string of the molecule is ClCC1(CNc2nccc3sccc23)CCCCC1. The molecule has 2 heterocycles. The Morgan fingerprint density at radius 1 is 1.26 bits per heavy atom. The third kappa shape index (κ3) is 2.72. The summed E-state index contributed by atoms with van der Waals surface area (Å²) >= 11 is 8.00. The molecule has 1 N–H and O–H groups in total. The summed E-state index contributed by atoms with van der Waals surface area (Å²) in [5.74, 6) is 1.76. The van der Waals surface area contributed by atoms with E-state index < -0.39 is 0 Å². The van der Waals surface area contributed by atoms with Crippen LogP contribution in [0.1, 0.15) is 32.1 Å². The minimum atomic E-state index is 0.264. The highest BCUT2D eigenvalue weighted by molar-refractivity contribution is 7.17. The Morgan fingerprint density at radius 2 is 2.11 bits per heavy atom. The molecule has 4 heteroatoms. The van der Waals surface area contributed by atoms with Crippen LogP contribution in [0.3, 0.4) is 0 Å². The molecule has 2 aromatic rings. The first-order valence-corrected chi connectivity index (χ1v) is 8.36. The van der Waals surface area contributed by atoms with Gasteiger partial charge in [0.05, 0.1) is 0 Å². The van der Waals surface area contributed by atoms with Crippen molar-refractivity contribution in [2.24, 2.45) is 5.41 Å². The molecule has 1 saturated carbocycles. The number of nitrogens with zero attached hydrogens (tertiary/aromatic N) is 1. The van der Waals surface area contributed by atoms with Crippen LogP contribution in [0.4, 0.5) is 5.82 Å². The third-order valence-electron chi connectivity index (χ3n) is 4.21. The molecule has 1 fully saturated rings. The number of anilines is 1. The second kappa shape index (κ2) is 5.68. The number of nitrogens with one attached hydrogen (secondary N) is 1. The van der Waals surface area contributed by atoms with Gasteiger partial charge in [-0.3, -0.25) is 0 Å². The molecule has 0 saturated heterocycles. The second-order valence-corrected chi connectivity index (χ2v) is 6.75. The van der Waals surface area contributed by atoms with Gasteiger partial charge in [-0.05, 0) is 30.4 Å². The quantitative estimate of drug-likeness (QED) is 0.812. The fourth-order valence-corrected chi connectivity index (χ4v) is 4.11. The van der Waals surface area contributed by atoms with E-state index in [4.69, 9.17) is 11.6 Å². The Balaban J connectivity index is 1.76. The summed E-state index contributed by atoms with van der Waals surface area (Å²) in [5, 5.41) is 6.90. The Labute approximate surface area is 123 Å². The molecule has 3 rings (SSSR count). The maximum atomic E-state index is 6.24. The van der Waals surface area contributed by atoms with Gasteiger partial charge in [-0.15, -0.1) is 22.9 Å². The fourth-order valence-electron chi connectivity index (χ4n) is 2.97. The molecule has 2 aromatic heterocycles. The van der Waals surface area contributed by atoms with E-state index in [1.54, 1.807) is 11.3 Å². The molecular formula is C15H19ClN2S. The minimum absolute atomic E-state index is 0.264. The molecule has 0 unspecified atom stereocenters. The van der Waals surface area contributed by atoms with Crippen molar-refractivity contribution >= 4 is 38.8 Å². The fraction of sp³-hybridized carbons (Fsp3) is 0.533. The lowest BCUT2D eigenvalue weighted by Crippen LogP contribution is -2.34. The Kier molecular flexibility index (Phi) is 3.94. The monoisotopic (exact) mass is 294 g/mol. The number of rotatable bonds is 4. The average molecular weight is 295 g/mol. The van der Waals surface area contributed by atoms with Gasteiger partial charge in [-0.2, -0.15) is 0 Å². The van der Waals surface area contributed by atoms with Crippen LogP contribution >= 0.6 is 22.9 Å². The van der Waals surface area contributed by atoms with E-state index in [2.05, 4.69) is 27.8 Å². The van der Waals surface area contributed by atoms with Gasteiger partial charge in [0.1, 0.15) is 5.82 Å². The van der Waals surface area contributed by atoms with Gasteiger partial charge in [0.15, 0.2) is 0 Å². The summed E-state index contributed by atoms with van der Waals surface area (Å²) in [5.41, 5.74) is 0.264. The molecule has 0 bridgehead atoms. The normalized spacial score (nSPS) is 18.6. The van der Waals surface area contributed by atoms with Crippen LogP contribution in [-0.4, -0.2) is 17.4 Å². The maximum absolute atomic E-state index is 6.24. The molecule has 1 aliphatic carbocycles. The number of hydrogen-bond donors (Lipinski definition) is 1. The average Bonchev–Trinajstić information content (AvgIpc) is 2.95. The van der Waals surface area contributed by atoms with Crippen molar-refractivity contribution < 1.29 is 0 Å². The molecule has 0 amide bonds. The smallest absolute Gasteiger partial charge is 0.134 e. The molecule has 1 aliphatic rings. The molecule has 0 atom stereocenters. The van der Waals surface area contributed by atoms with E-state index >= 15 is 0 Å². The summed E-state index contributed by atoms with van der Waals surface area (Å²) in [4.78, 5) is 4.48. The van der Waals surface area contributed by atoms with E-state index in [0.29, 0.717) is 0 Å². The first-order chi connectivity index (χ1) is 9.33. The van der Waals surface area contributed by atoms with E-state index in [0.717, 1.165) is 18.2 Å². The number of alkyl halides is 1. The summed E-state index contributed by atoms with van der Waals surface area (Å²) in [6.45, 7) is 0.943. The van der Waals surface area contributed by atoms with Gasteiger partial charge >= 0.3 is 0 Å². The summed E-state index contributed by atoms with van der Waals surface area (Å²) in [6, 6.07) is 4.21. The van der Waals surface area contributed by atoms with E-state index in [9.17, 15) is 0 Å². The Bertz CT molecular complexity index is 546. The van der Waals surface area contributed by atoms with Crippen LogP contribution in [0.25, 0.3) is 10.1 Å². The Morgan fingerprint density at radius 3 is 2.89 bits per heavy atom. The summed E-state index contributed by atoms with van der Waals surface area (Å²) < 4.78 is 1.29. The first-order valence-electron chi connectivity index (χ1n) is 6.95. The summed E-state index contributed by atoms with van der Waals surface area (Å²) in [7, 11) is 0. The topological polar surface area (TPSA) is 24.9 Å². The molecule has 0 radical (unpaired) electrons. The second-order valence-electron chi connectivity index (χ2n) is 5.54. The van der Waals surface area contributed by atoms with Gasteiger partial charge in [0.25, 0.3) is 0 Å². The number of halogens is 1. The zero-order valence-corrected chi connectivity index (χ0v) is 12.6. The zero-order chi connectivity index (χ0) is 13.1. The zero-order valence-electron chi connectivity index (χ0n) is 11.0. The van der Waals surface area contributed by atoms with Crippen LogP contribution in [0.2, 0.25) is 0 Å². The largest absolute Gasteiger partial charge is 0.369 e. The highest BCUT2D eigenvalue weighted by atomic mass is 35.5. The van der Waals surface area contributed by atoms with Crippen LogP contribution in [0.5, 0.6) is 0 Å². The molecule has 102 valence electrons. The lowest BCUT2D eigenvalue weighted by Gasteiger charge is -2.35. The number of fused-ring (bicyclic) bond motifs is 1. The van der Waals surface area contributed by atoms with Gasteiger partial charge in [-0.1, -0.05) is 19.3 Å². The van der Waals surface area contributed by atoms with E-state index in [1.165, 1.54) is 42.2 Å². The molecule has 0 spiro atoms. The maximum Gasteiger partial charge on any atom is 0.134 e. The van der Waals surface area contributed by atoms with Gasteiger partial charge < -0.3 is 5.32 Å². The van der Waals surface area contributed by atoms with Crippen molar-refractivity contribution in [2.45, 2.75) is 32.1 Å². The van der Waals surface area contributed by atoms with Crippen molar-refractivity contribution in [2.75, 3.05) is 17.7 Å². The predicted molar refractivity (Wildman–Crippen MR) is 84.3 cm³/mol. The number of aromatic nitrogens is 1. The van der Waals surface area contributed by atoms with E-state index in [1.807, 2.05) is 6.20 Å². The third-order valence-corrected chi connectivity index (χ3v) is 5.66. The van der Waals surface area contributed by atoms with Crippen LogP contribution < -0.4 is 5.32 Å². The van der Waals surface area contributed by atoms with Crippen molar-refractivity contribution in [3.63, 3.8) is 0 Å². The molecule has 2 nitrogen and oxygen atoms in total. The lowest BCUT2D eigenvalue weighted by atomic mass is 9.75. The number of hydrogen-bond acceptors (Lipinski definition) is 3. The standard InChI is InChI=1S/C15H19ClN2S/c16-10-15(6-2-1-3-7-15)11-18-14-12-5-9-19-13(12)4-8-17-14/h4-5,8-9H,1-3,6-7,10-11H2,(H,17,18).